The molecule has 1 heterocycles. The van der Waals surface area contributed by atoms with Crippen LogP contribution in [0.25, 0.3) is 0 Å². The molecular weight excluding hydrogens is 172 g/mol. The van der Waals surface area contributed by atoms with Crippen molar-refractivity contribution >= 4 is 0 Å². The van der Waals surface area contributed by atoms with Crippen LogP contribution in [0.2, 0.25) is 0 Å². The number of hydrogen-bond acceptors (Lipinski definition) is 1. The van der Waals surface area contributed by atoms with E-state index >= 15 is 0 Å². The molecule has 0 aromatic carbocycles. The van der Waals surface area contributed by atoms with Crippen LogP contribution in [0.4, 0.5) is 0 Å². The number of aromatic nitrogens is 2. The zero-order valence-corrected chi connectivity index (χ0v) is 9.66. The Morgan fingerprint density at radius 1 is 1.29 bits per heavy atom. The van der Waals surface area contributed by atoms with Crippen LogP contribution in [0.15, 0.2) is 12.3 Å². The lowest BCUT2D eigenvalue weighted by Gasteiger charge is -2.09. The molecule has 0 fully saturated rings. The van der Waals surface area contributed by atoms with Crippen molar-refractivity contribution in [2.45, 2.75) is 58.9 Å². The minimum absolute atomic E-state index is 0.587. The summed E-state index contributed by atoms with van der Waals surface area (Å²) >= 11 is 0. The predicted octanol–water partition coefficient (Wildman–Crippen LogP) is 3.59. The third-order valence-corrected chi connectivity index (χ3v) is 2.56. The lowest BCUT2D eigenvalue weighted by molar-refractivity contribution is 0.514. The zero-order chi connectivity index (χ0) is 10.4. The van der Waals surface area contributed by atoms with Crippen molar-refractivity contribution in [3.05, 3.63) is 18.0 Å². The molecule has 0 aliphatic carbocycles. The zero-order valence-electron chi connectivity index (χ0n) is 9.66. The van der Waals surface area contributed by atoms with E-state index in [1.807, 2.05) is 6.20 Å². The second-order valence-electron chi connectivity index (χ2n) is 4.19. The third-order valence-electron chi connectivity index (χ3n) is 2.56. The number of unbranched alkanes of at least 4 members (excludes halogenated alkanes) is 3. The Labute approximate surface area is 87.3 Å². The molecule has 0 atom stereocenters. The number of rotatable bonds is 6. The quantitative estimate of drug-likeness (QED) is 0.633. The van der Waals surface area contributed by atoms with Crippen molar-refractivity contribution in [1.82, 2.24) is 9.78 Å². The molecule has 0 saturated heterocycles. The predicted molar refractivity (Wildman–Crippen MR) is 60.5 cm³/mol. The fourth-order valence-corrected chi connectivity index (χ4v) is 1.71. The summed E-state index contributed by atoms with van der Waals surface area (Å²) in [6, 6.07) is 2.13. The lowest BCUT2D eigenvalue weighted by atomic mass is 10.1. The van der Waals surface area contributed by atoms with Crippen molar-refractivity contribution in [1.29, 1.82) is 0 Å². The molecular formula is C12H22N2. The van der Waals surface area contributed by atoms with Gasteiger partial charge in [0.25, 0.3) is 0 Å². The highest BCUT2D eigenvalue weighted by Gasteiger charge is 2.05. The monoisotopic (exact) mass is 194 g/mol. The molecule has 0 amide bonds. The highest BCUT2D eigenvalue weighted by Crippen LogP contribution is 2.14. The van der Waals surface area contributed by atoms with Gasteiger partial charge in [0.2, 0.25) is 0 Å². The average Bonchev–Trinajstić information content (AvgIpc) is 2.60. The van der Waals surface area contributed by atoms with E-state index in [0.717, 1.165) is 6.54 Å². The van der Waals surface area contributed by atoms with Gasteiger partial charge in [0.05, 0.1) is 0 Å². The smallest absolute Gasteiger partial charge is 0.0492 e. The molecule has 0 bridgehead atoms. The first kappa shape index (κ1) is 11.3. The molecule has 0 aliphatic heterocycles. The second-order valence-corrected chi connectivity index (χ2v) is 4.19. The Morgan fingerprint density at radius 2 is 2.07 bits per heavy atom. The summed E-state index contributed by atoms with van der Waals surface area (Å²) in [4.78, 5) is 0. The number of hydrogen-bond donors (Lipinski definition) is 0. The first-order chi connectivity index (χ1) is 6.75. The molecule has 0 N–H and O–H groups in total. The van der Waals surface area contributed by atoms with E-state index < -0.39 is 0 Å². The molecule has 0 radical (unpaired) electrons. The van der Waals surface area contributed by atoms with E-state index in [1.165, 1.54) is 31.4 Å². The Morgan fingerprint density at radius 3 is 2.71 bits per heavy atom. The van der Waals surface area contributed by atoms with Gasteiger partial charge < -0.3 is 0 Å². The molecule has 2 nitrogen and oxygen atoms in total. The van der Waals surface area contributed by atoms with E-state index in [1.54, 1.807) is 0 Å². The van der Waals surface area contributed by atoms with Gasteiger partial charge in [0.1, 0.15) is 0 Å². The van der Waals surface area contributed by atoms with E-state index in [-0.39, 0.29) is 0 Å². The summed E-state index contributed by atoms with van der Waals surface area (Å²) in [6.07, 6.45) is 7.15. The number of aryl methyl sites for hydroxylation is 1. The van der Waals surface area contributed by atoms with Crippen molar-refractivity contribution in [3.8, 4) is 0 Å². The van der Waals surface area contributed by atoms with E-state index in [9.17, 15) is 0 Å². The molecule has 1 rings (SSSR count). The fourth-order valence-electron chi connectivity index (χ4n) is 1.71. The summed E-state index contributed by atoms with van der Waals surface area (Å²) in [5.41, 5.74) is 1.36. The fraction of sp³-hybridized carbons (Fsp3) is 0.750. The van der Waals surface area contributed by atoms with Gasteiger partial charge in [-0.3, -0.25) is 4.68 Å². The van der Waals surface area contributed by atoms with Crippen LogP contribution in [0.3, 0.4) is 0 Å². The lowest BCUT2D eigenvalue weighted by Crippen LogP contribution is -2.06. The van der Waals surface area contributed by atoms with Gasteiger partial charge in [-0.15, -0.1) is 0 Å². The average molecular weight is 194 g/mol. The van der Waals surface area contributed by atoms with Crippen molar-refractivity contribution in [2.24, 2.45) is 0 Å². The largest absolute Gasteiger partial charge is 0.269 e. The Kier molecular flexibility index (Phi) is 4.71. The first-order valence-corrected chi connectivity index (χ1v) is 5.77. The SMILES string of the molecule is CCCCCCn1nccc1C(C)C. The van der Waals surface area contributed by atoms with Crippen molar-refractivity contribution < 1.29 is 0 Å². The van der Waals surface area contributed by atoms with Crippen LogP contribution in [-0.4, -0.2) is 9.78 Å². The van der Waals surface area contributed by atoms with Crippen LogP contribution in [0, 0.1) is 0 Å². The van der Waals surface area contributed by atoms with E-state index in [4.69, 9.17) is 0 Å². The molecule has 0 saturated carbocycles. The van der Waals surface area contributed by atoms with Crippen LogP contribution in [0.1, 0.15) is 58.1 Å². The van der Waals surface area contributed by atoms with Crippen LogP contribution in [-0.2, 0) is 6.54 Å². The molecule has 1 aromatic heterocycles. The third kappa shape index (κ3) is 3.17. The molecule has 14 heavy (non-hydrogen) atoms. The van der Waals surface area contributed by atoms with Gasteiger partial charge in [0.15, 0.2) is 0 Å². The summed E-state index contributed by atoms with van der Waals surface area (Å²) in [5, 5.41) is 4.35. The molecule has 0 aliphatic rings. The molecule has 80 valence electrons. The molecule has 1 aromatic rings. The van der Waals surface area contributed by atoms with E-state index in [0.29, 0.717) is 5.92 Å². The van der Waals surface area contributed by atoms with Crippen LogP contribution in [0.5, 0.6) is 0 Å². The Bertz CT molecular complexity index is 251. The van der Waals surface area contributed by atoms with Crippen molar-refractivity contribution in [3.63, 3.8) is 0 Å². The normalized spacial score (nSPS) is 11.1. The minimum Gasteiger partial charge on any atom is -0.269 e. The van der Waals surface area contributed by atoms with Gasteiger partial charge in [-0.05, 0) is 18.4 Å². The van der Waals surface area contributed by atoms with Gasteiger partial charge in [-0.1, -0.05) is 40.0 Å². The van der Waals surface area contributed by atoms with Gasteiger partial charge in [0, 0.05) is 18.4 Å². The summed E-state index contributed by atoms with van der Waals surface area (Å²) in [6.45, 7) is 7.77. The van der Waals surface area contributed by atoms with Gasteiger partial charge >= 0.3 is 0 Å². The first-order valence-electron chi connectivity index (χ1n) is 5.77. The summed E-state index contributed by atoms with van der Waals surface area (Å²) in [5.74, 6) is 0.587. The minimum atomic E-state index is 0.587. The summed E-state index contributed by atoms with van der Waals surface area (Å²) < 4.78 is 2.15. The Hall–Kier alpha value is -0.790. The molecule has 0 spiro atoms. The van der Waals surface area contributed by atoms with Gasteiger partial charge in [-0.25, -0.2) is 0 Å². The second kappa shape index (κ2) is 5.84. The van der Waals surface area contributed by atoms with Crippen molar-refractivity contribution in [2.75, 3.05) is 0 Å². The maximum Gasteiger partial charge on any atom is 0.0492 e. The summed E-state index contributed by atoms with van der Waals surface area (Å²) in [7, 11) is 0. The highest BCUT2D eigenvalue weighted by molar-refractivity contribution is 5.05. The standard InChI is InChI=1S/C12H22N2/c1-4-5-6-7-10-14-12(11(2)3)8-9-13-14/h8-9,11H,4-7,10H2,1-3H3. The molecule has 2 heteroatoms. The highest BCUT2D eigenvalue weighted by atomic mass is 15.3. The molecule has 0 unspecified atom stereocenters. The van der Waals surface area contributed by atoms with E-state index in [2.05, 4.69) is 36.6 Å². The Balaban J connectivity index is 2.38. The topological polar surface area (TPSA) is 17.8 Å². The maximum atomic E-state index is 4.35. The van der Waals surface area contributed by atoms with Crippen LogP contribution >= 0.6 is 0 Å². The number of nitrogens with zero attached hydrogens (tertiary/aromatic N) is 2. The maximum absolute atomic E-state index is 4.35. The van der Waals surface area contributed by atoms with Gasteiger partial charge in [-0.2, -0.15) is 5.10 Å². The van der Waals surface area contributed by atoms with Crippen LogP contribution < -0.4 is 0 Å².